The fraction of sp³-hybridized carbons (Fsp3) is 0.294. The van der Waals surface area contributed by atoms with Gasteiger partial charge >= 0.3 is 11.9 Å². The monoisotopic (exact) mass is 316 g/mol. The number of ketones is 1. The molecule has 0 saturated heterocycles. The van der Waals surface area contributed by atoms with E-state index in [0.29, 0.717) is 0 Å². The van der Waals surface area contributed by atoms with Crippen molar-refractivity contribution in [2.75, 3.05) is 0 Å². The summed E-state index contributed by atoms with van der Waals surface area (Å²) in [5.41, 5.74) is -0.484. The summed E-state index contributed by atoms with van der Waals surface area (Å²) in [5.74, 6) is -2.81. The molecule has 0 unspecified atom stereocenters. The standard InChI is InChI=1S/C17H20N2O4/c1-5-19(16(18)17(3,4)12(2)20)14(21)15(22)23-11-13-9-7-6-8-10-13/h5-10,18H,1,11H2,2-4H3. The van der Waals surface area contributed by atoms with E-state index in [-0.39, 0.29) is 18.2 Å². The molecule has 1 aromatic rings. The SMILES string of the molecule is C=CN(C(=N)C(C)(C)C(C)=O)C(=O)C(=O)OCc1ccccc1. The fourth-order valence-electron chi connectivity index (χ4n) is 1.63. The third-order valence-electron chi connectivity index (χ3n) is 3.50. The van der Waals surface area contributed by atoms with Crippen LogP contribution in [0.1, 0.15) is 26.3 Å². The minimum Gasteiger partial charge on any atom is -0.454 e. The van der Waals surface area contributed by atoms with Crippen LogP contribution in [0.15, 0.2) is 43.1 Å². The lowest BCUT2D eigenvalue weighted by Crippen LogP contribution is -2.46. The van der Waals surface area contributed by atoms with E-state index in [9.17, 15) is 14.4 Å². The van der Waals surface area contributed by atoms with Crippen LogP contribution in [0.4, 0.5) is 0 Å². The maximum absolute atomic E-state index is 12.1. The van der Waals surface area contributed by atoms with Gasteiger partial charge in [0.05, 0.1) is 5.41 Å². The number of Topliss-reactive ketones (excluding diaryl/α,β-unsaturated/α-hetero) is 1. The van der Waals surface area contributed by atoms with Crippen molar-refractivity contribution in [2.45, 2.75) is 27.4 Å². The molecular formula is C17H20N2O4. The largest absolute Gasteiger partial charge is 0.454 e. The number of amides is 1. The summed E-state index contributed by atoms with van der Waals surface area (Å²) >= 11 is 0. The highest BCUT2D eigenvalue weighted by Gasteiger charge is 2.37. The summed E-state index contributed by atoms with van der Waals surface area (Å²) in [6, 6.07) is 8.90. The predicted octanol–water partition coefficient (Wildman–Crippen LogP) is 2.29. The molecule has 122 valence electrons. The topological polar surface area (TPSA) is 87.5 Å². The van der Waals surface area contributed by atoms with Gasteiger partial charge in [-0.1, -0.05) is 36.9 Å². The first kappa shape index (κ1) is 18.3. The fourth-order valence-corrected chi connectivity index (χ4v) is 1.63. The molecule has 0 aromatic heterocycles. The van der Waals surface area contributed by atoms with Crippen molar-refractivity contribution in [3.8, 4) is 0 Å². The molecule has 0 atom stereocenters. The van der Waals surface area contributed by atoms with Gasteiger partial charge in [0.25, 0.3) is 0 Å². The van der Waals surface area contributed by atoms with Gasteiger partial charge in [-0.3, -0.25) is 19.9 Å². The zero-order valence-corrected chi connectivity index (χ0v) is 13.5. The number of hydrogen-bond acceptors (Lipinski definition) is 5. The number of rotatable bonds is 5. The molecular weight excluding hydrogens is 296 g/mol. The van der Waals surface area contributed by atoms with Crippen molar-refractivity contribution in [3.05, 3.63) is 48.7 Å². The number of hydrogen-bond donors (Lipinski definition) is 1. The minimum absolute atomic E-state index is 0.0557. The summed E-state index contributed by atoms with van der Waals surface area (Å²) in [6.07, 6.45) is 1.03. The van der Waals surface area contributed by atoms with Gasteiger partial charge in [-0.2, -0.15) is 0 Å². The van der Waals surface area contributed by atoms with E-state index < -0.39 is 17.3 Å². The zero-order chi connectivity index (χ0) is 17.6. The summed E-state index contributed by atoms with van der Waals surface area (Å²) in [6.45, 7) is 7.67. The first-order valence-corrected chi connectivity index (χ1v) is 6.98. The van der Waals surface area contributed by atoms with E-state index in [2.05, 4.69) is 6.58 Å². The van der Waals surface area contributed by atoms with Crippen LogP contribution < -0.4 is 0 Å². The molecule has 1 N–H and O–H groups in total. The lowest BCUT2D eigenvalue weighted by atomic mass is 9.86. The number of benzene rings is 1. The van der Waals surface area contributed by atoms with E-state index in [0.717, 1.165) is 16.7 Å². The van der Waals surface area contributed by atoms with E-state index in [1.54, 1.807) is 24.3 Å². The molecule has 0 aliphatic carbocycles. The second kappa shape index (κ2) is 7.49. The molecule has 23 heavy (non-hydrogen) atoms. The Bertz CT molecular complexity index is 635. The van der Waals surface area contributed by atoms with E-state index >= 15 is 0 Å². The second-order valence-corrected chi connectivity index (χ2v) is 5.45. The van der Waals surface area contributed by atoms with Gasteiger partial charge in [0.2, 0.25) is 0 Å². The molecule has 0 spiro atoms. The number of esters is 1. The lowest BCUT2D eigenvalue weighted by molar-refractivity contribution is -0.158. The van der Waals surface area contributed by atoms with Gasteiger partial charge in [-0.15, -0.1) is 0 Å². The number of carbonyl (C=O) groups is 3. The quantitative estimate of drug-likeness (QED) is 0.391. The molecule has 6 nitrogen and oxygen atoms in total. The third-order valence-corrected chi connectivity index (χ3v) is 3.50. The number of nitrogens with one attached hydrogen (secondary N) is 1. The highest BCUT2D eigenvalue weighted by molar-refractivity contribution is 6.36. The molecule has 0 fully saturated rings. The van der Waals surface area contributed by atoms with Crippen LogP contribution >= 0.6 is 0 Å². The van der Waals surface area contributed by atoms with Crippen molar-refractivity contribution >= 4 is 23.5 Å². The van der Waals surface area contributed by atoms with E-state index in [4.69, 9.17) is 10.1 Å². The van der Waals surface area contributed by atoms with Crippen LogP contribution in [-0.4, -0.2) is 28.4 Å². The highest BCUT2D eigenvalue weighted by Crippen LogP contribution is 2.21. The smallest absolute Gasteiger partial charge is 0.398 e. The average Bonchev–Trinajstić information content (AvgIpc) is 2.53. The second-order valence-electron chi connectivity index (χ2n) is 5.45. The summed E-state index contributed by atoms with van der Waals surface area (Å²) in [7, 11) is 0. The van der Waals surface area contributed by atoms with Gasteiger partial charge in [-0.05, 0) is 26.3 Å². The molecule has 1 rings (SSSR count). The lowest BCUT2D eigenvalue weighted by Gasteiger charge is -2.28. The molecule has 0 aliphatic heterocycles. The van der Waals surface area contributed by atoms with Gasteiger partial charge in [0.15, 0.2) is 0 Å². The van der Waals surface area contributed by atoms with Crippen molar-refractivity contribution in [1.29, 1.82) is 5.41 Å². The van der Waals surface area contributed by atoms with Crippen molar-refractivity contribution < 1.29 is 19.1 Å². The number of carbonyl (C=O) groups excluding carboxylic acids is 3. The molecule has 1 amide bonds. The molecule has 6 heteroatoms. The molecule has 0 bridgehead atoms. The van der Waals surface area contributed by atoms with Crippen LogP contribution in [0.2, 0.25) is 0 Å². The maximum atomic E-state index is 12.1. The Morgan fingerprint density at radius 2 is 1.83 bits per heavy atom. The average molecular weight is 316 g/mol. The highest BCUT2D eigenvalue weighted by atomic mass is 16.5. The van der Waals surface area contributed by atoms with E-state index in [1.165, 1.54) is 20.8 Å². The van der Waals surface area contributed by atoms with E-state index in [1.807, 2.05) is 6.07 Å². The molecule has 0 radical (unpaired) electrons. The Balaban J connectivity index is 2.80. The Morgan fingerprint density at radius 1 is 1.26 bits per heavy atom. The molecule has 0 aliphatic rings. The van der Waals surface area contributed by atoms with Crippen LogP contribution in [-0.2, 0) is 25.7 Å². The van der Waals surface area contributed by atoms with Gasteiger partial charge in [0.1, 0.15) is 18.2 Å². The first-order chi connectivity index (χ1) is 10.7. The van der Waals surface area contributed by atoms with Crippen LogP contribution in [0.5, 0.6) is 0 Å². The third kappa shape index (κ3) is 4.35. The van der Waals surface area contributed by atoms with Crippen LogP contribution in [0.25, 0.3) is 0 Å². The number of nitrogens with zero attached hydrogens (tertiary/aromatic N) is 1. The summed E-state index contributed by atoms with van der Waals surface area (Å²) < 4.78 is 4.94. The minimum atomic E-state index is -1.22. The Kier molecular flexibility index (Phi) is 5.95. The number of amidine groups is 1. The van der Waals surface area contributed by atoms with Gasteiger partial charge in [0, 0.05) is 6.20 Å². The summed E-state index contributed by atoms with van der Waals surface area (Å²) in [4.78, 5) is 36.3. The van der Waals surface area contributed by atoms with Crippen LogP contribution in [0, 0.1) is 10.8 Å². The van der Waals surface area contributed by atoms with Crippen LogP contribution in [0.3, 0.4) is 0 Å². The molecule has 0 heterocycles. The molecule has 1 aromatic carbocycles. The van der Waals surface area contributed by atoms with Crippen molar-refractivity contribution in [1.82, 2.24) is 4.90 Å². The summed E-state index contributed by atoms with van der Waals surface area (Å²) in [5, 5.41) is 8.00. The van der Waals surface area contributed by atoms with Crippen molar-refractivity contribution in [3.63, 3.8) is 0 Å². The Morgan fingerprint density at radius 3 is 2.30 bits per heavy atom. The Hall–Kier alpha value is -2.76. The maximum Gasteiger partial charge on any atom is 0.398 e. The predicted molar refractivity (Wildman–Crippen MR) is 85.5 cm³/mol. The first-order valence-electron chi connectivity index (χ1n) is 6.98. The van der Waals surface area contributed by atoms with Crippen molar-refractivity contribution in [2.24, 2.45) is 5.41 Å². The van der Waals surface area contributed by atoms with Gasteiger partial charge in [-0.25, -0.2) is 4.79 Å². The molecule has 0 saturated carbocycles. The normalized spacial score (nSPS) is 10.6. The zero-order valence-electron chi connectivity index (χ0n) is 13.5. The Labute approximate surface area is 135 Å². The van der Waals surface area contributed by atoms with Gasteiger partial charge < -0.3 is 4.74 Å². The number of ether oxygens (including phenoxy) is 1.